The third-order valence-corrected chi connectivity index (χ3v) is 8.01. The summed E-state index contributed by atoms with van der Waals surface area (Å²) in [6.45, 7) is 11.9. The van der Waals surface area contributed by atoms with Gasteiger partial charge in [0.1, 0.15) is 17.8 Å². The molecule has 1 unspecified atom stereocenters. The predicted octanol–water partition coefficient (Wildman–Crippen LogP) is 4.97. The van der Waals surface area contributed by atoms with Gasteiger partial charge in [-0.05, 0) is 49.2 Å². The summed E-state index contributed by atoms with van der Waals surface area (Å²) in [6, 6.07) is 11.7. The molecular weight excluding hydrogens is 574 g/mol. The number of nitrogens with one attached hydrogen (secondary N) is 2. The van der Waals surface area contributed by atoms with Gasteiger partial charge in [0.05, 0.1) is 11.7 Å². The topological polar surface area (TPSA) is 166 Å². The number of pyridine rings is 1. The minimum Gasteiger partial charge on any atom is -0.465 e. The monoisotopic (exact) mass is 609 g/mol. The summed E-state index contributed by atoms with van der Waals surface area (Å²) < 4.78 is 5.20. The molecule has 45 heavy (non-hydrogen) atoms. The van der Waals surface area contributed by atoms with Crippen LogP contribution in [0.1, 0.15) is 61.4 Å². The highest BCUT2D eigenvalue weighted by Crippen LogP contribution is 2.32. The molecule has 1 saturated heterocycles. The van der Waals surface area contributed by atoms with Crippen LogP contribution in [0, 0.1) is 6.92 Å². The molecule has 1 atom stereocenters. The Morgan fingerprint density at radius 2 is 1.78 bits per heavy atom. The first-order valence-electron chi connectivity index (χ1n) is 14.8. The van der Waals surface area contributed by atoms with Crippen LogP contribution in [0.15, 0.2) is 53.4 Å². The number of benzene rings is 1. The van der Waals surface area contributed by atoms with E-state index in [2.05, 4.69) is 46.4 Å². The van der Waals surface area contributed by atoms with Gasteiger partial charge in [0.25, 0.3) is 0 Å². The number of hydrogen-bond acceptors (Lipinski definition) is 9. The van der Waals surface area contributed by atoms with E-state index in [4.69, 9.17) is 4.52 Å². The number of carbonyl (C=O) groups is 2. The lowest BCUT2D eigenvalue weighted by Gasteiger charge is -2.33. The Morgan fingerprint density at radius 3 is 2.42 bits per heavy atom. The minimum atomic E-state index is -0.889. The molecule has 3 N–H and O–H groups in total. The van der Waals surface area contributed by atoms with Gasteiger partial charge in [0.2, 0.25) is 0 Å². The van der Waals surface area contributed by atoms with Crippen LogP contribution in [0.5, 0.6) is 0 Å². The van der Waals surface area contributed by atoms with Gasteiger partial charge < -0.3 is 29.7 Å². The van der Waals surface area contributed by atoms with Crippen LogP contribution >= 0.6 is 0 Å². The Morgan fingerprint density at radius 1 is 1.02 bits per heavy atom. The van der Waals surface area contributed by atoms with Gasteiger partial charge in [-0.15, -0.1) is 0 Å². The molecule has 2 amide bonds. The van der Waals surface area contributed by atoms with Gasteiger partial charge in [-0.2, -0.15) is 4.98 Å². The van der Waals surface area contributed by atoms with E-state index in [0.717, 1.165) is 44.8 Å². The number of fused-ring (bicyclic) bond motifs is 1. The summed E-state index contributed by atoms with van der Waals surface area (Å²) in [6.07, 6.45) is 2.46. The van der Waals surface area contributed by atoms with Crippen molar-refractivity contribution in [2.45, 2.75) is 46.1 Å². The molecule has 0 aliphatic carbocycles. The molecule has 0 bridgehead atoms. The van der Waals surface area contributed by atoms with Gasteiger partial charge in [-0.25, -0.2) is 19.7 Å². The van der Waals surface area contributed by atoms with Crippen molar-refractivity contribution in [1.82, 2.24) is 40.3 Å². The molecule has 0 spiro atoms. The number of hydrogen-bond donors (Lipinski definition) is 3. The van der Waals surface area contributed by atoms with Crippen molar-refractivity contribution >= 4 is 28.9 Å². The van der Waals surface area contributed by atoms with E-state index in [-0.39, 0.29) is 17.3 Å². The average molecular weight is 610 g/mol. The molecule has 5 heterocycles. The van der Waals surface area contributed by atoms with E-state index in [0.29, 0.717) is 37.7 Å². The van der Waals surface area contributed by atoms with Gasteiger partial charge in [0, 0.05) is 60.0 Å². The Bertz CT molecular complexity index is 1870. The third kappa shape index (κ3) is 6.06. The Hall–Kier alpha value is -5.33. The highest BCUT2D eigenvalue weighted by Gasteiger charge is 2.25. The maximum absolute atomic E-state index is 12.8. The second-order valence-electron chi connectivity index (χ2n) is 12.3. The van der Waals surface area contributed by atoms with Crippen LogP contribution in [0.25, 0.3) is 33.5 Å². The second kappa shape index (κ2) is 11.6. The fourth-order valence-corrected chi connectivity index (χ4v) is 5.45. The molecule has 1 aromatic carbocycles. The van der Waals surface area contributed by atoms with E-state index >= 15 is 0 Å². The van der Waals surface area contributed by atoms with E-state index < -0.39 is 12.0 Å². The van der Waals surface area contributed by atoms with Crippen molar-refractivity contribution in [2.75, 3.05) is 31.1 Å². The SMILES string of the molecule is Cc1cc(-c2ncnc3[nH]c(-c4ccc(N5CCN(C(=O)O)CC5)nc4)cc23)ccc1C(C)NC(=O)c1nc(C(C)(C)C)no1. The number of aromatic nitrogens is 6. The fourth-order valence-electron chi connectivity index (χ4n) is 5.45. The maximum Gasteiger partial charge on any atom is 0.407 e. The smallest absolute Gasteiger partial charge is 0.407 e. The summed E-state index contributed by atoms with van der Waals surface area (Å²) in [5.74, 6) is 0.810. The number of carbonyl (C=O) groups excluding carboxylic acids is 1. The number of amides is 2. The largest absolute Gasteiger partial charge is 0.465 e. The van der Waals surface area contributed by atoms with Crippen LogP contribution in [0.4, 0.5) is 10.6 Å². The van der Waals surface area contributed by atoms with Crippen molar-refractivity contribution in [3.63, 3.8) is 0 Å². The van der Waals surface area contributed by atoms with Crippen LogP contribution in [0.2, 0.25) is 0 Å². The quantitative estimate of drug-likeness (QED) is 0.239. The predicted molar refractivity (Wildman–Crippen MR) is 168 cm³/mol. The zero-order chi connectivity index (χ0) is 31.9. The third-order valence-electron chi connectivity index (χ3n) is 8.01. The number of nitrogens with zero attached hydrogens (tertiary/aromatic N) is 7. The summed E-state index contributed by atoms with van der Waals surface area (Å²) >= 11 is 0. The maximum atomic E-state index is 12.8. The van der Waals surface area contributed by atoms with Crippen LogP contribution in [0.3, 0.4) is 0 Å². The molecule has 1 fully saturated rings. The van der Waals surface area contributed by atoms with E-state index in [9.17, 15) is 14.7 Å². The average Bonchev–Trinajstić information content (AvgIpc) is 3.70. The van der Waals surface area contributed by atoms with Gasteiger partial charge >= 0.3 is 17.9 Å². The number of aromatic amines is 1. The lowest BCUT2D eigenvalue weighted by Crippen LogP contribution is -2.48. The van der Waals surface area contributed by atoms with Crippen LogP contribution in [-0.2, 0) is 5.41 Å². The Labute approximate surface area is 259 Å². The second-order valence-corrected chi connectivity index (χ2v) is 12.3. The lowest BCUT2D eigenvalue weighted by molar-refractivity contribution is 0.0895. The normalized spacial score (nSPS) is 14.5. The van der Waals surface area contributed by atoms with Crippen LogP contribution in [-0.4, -0.2) is 78.3 Å². The summed E-state index contributed by atoms with van der Waals surface area (Å²) in [7, 11) is 0. The molecule has 6 rings (SSSR count). The minimum absolute atomic E-state index is 0.0592. The van der Waals surface area contributed by atoms with Crippen molar-refractivity contribution in [3.8, 4) is 22.5 Å². The first-order chi connectivity index (χ1) is 21.5. The highest BCUT2D eigenvalue weighted by atomic mass is 16.5. The number of rotatable bonds is 6. The van der Waals surface area contributed by atoms with Gasteiger partial charge in [-0.1, -0.05) is 38.1 Å². The zero-order valence-electron chi connectivity index (χ0n) is 25.8. The summed E-state index contributed by atoms with van der Waals surface area (Å²) in [5, 5.41) is 17.0. The number of piperazine rings is 1. The number of carboxylic acid groups (broad SMARTS) is 1. The number of anilines is 1. The van der Waals surface area contributed by atoms with E-state index in [1.807, 2.05) is 71.1 Å². The number of aryl methyl sites for hydroxylation is 1. The molecule has 0 saturated carbocycles. The molecule has 232 valence electrons. The van der Waals surface area contributed by atoms with E-state index in [1.54, 1.807) is 6.33 Å². The first kappa shape index (κ1) is 29.7. The lowest BCUT2D eigenvalue weighted by atomic mass is 9.96. The van der Waals surface area contributed by atoms with Crippen molar-refractivity contribution in [3.05, 3.63) is 71.8 Å². The Kier molecular flexibility index (Phi) is 7.69. The van der Waals surface area contributed by atoms with Crippen molar-refractivity contribution in [2.24, 2.45) is 0 Å². The molecule has 4 aromatic heterocycles. The zero-order valence-corrected chi connectivity index (χ0v) is 25.8. The molecule has 1 aliphatic heterocycles. The van der Waals surface area contributed by atoms with Crippen molar-refractivity contribution in [1.29, 1.82) is 0 Å². The molecule has 0 radical (unpaired) electrons. The first-order valence-corrected chi connectivity index (χ1v) is 14.8. The number of H-pyrrole nitrogens is 1. The Balaban J connectivity index is 1.18. The van der Waals surface area contributed by atoms with Gasteiger partial charge in [0.15, 0.2) is 5.82 Å². The molecule has 5 aromatic rings. The standard InChI is InChI=1S/C32H35N9O4/c1-18-14-20(6-8-22(18)19(2)36-28(42)29-38-30(39-45-29)32(3,4)5)26-23-15-24(37-27(23)35-17-34-26)21-7-9-25(33-16-21)40-10-12-41(13-11-40)31(43)44/h6-9,14-17,19H,10-13H2,1-5H3,(H,36,42)(H,43,44)(H,34,35,37). The molecular formula is C32H35N9O4. The molecule has 13 heteroatoms. The van der Waals surface area contributed by atoms with Gasteiger partial charge in [-0.3, -0.25) is 4.79 Å². The molecule has 1 aliphatic rings. The summed E-state index contributed by atoms with van der Waals surface area (Å²) in [5.41, 5.74) is 5.81. The van der Waals surface area contributed by atoms with Crippen LogP contribution < -0.4 is 10.2 Å². The molecule has 13 nitrogen and oxygen atoms in total. The van der Waals surface area contributed by atoms with E-state index in [1.165, 1.54) is 4.90 Å². The highest BCUT2D eigenvalue weighted by molar-refractivity contribution is 5.94. The summed E-state index contributed by atoms with van der Waals surface area (Å²) in [4.78, 5) is 48.9. The fraction of sp³-hybridized carbons (Fsp3) is 0.344. The van der Waals surface area contributed by atoms with Crippen molar-refractivity contribution < 1.29 is 19.2 Å².